The number of amides is 1. The largest absolute Gasteiger partial charge is 0.369 e. The number of hydrogen-bond acceptors (Lipinski definition) is 3. The third-order valence-electron chi connectivity index (χ3n) is 3.03. The summed E-state index contributed by atoms with van der Waals surface area (Å²) in [5.74, 6) is 0.0203. The van der Waals surface area contributed by atoms with Crippen molar-refractivity contribution in [1.82, 2.24) is 5.32 Å². The monoisotopic (exact) mass is 312 g/mol. The fraction of sp³-hybridized carbons (Fsp3) is 0.462. The van der Waals surface area contributed by atoms with E-state index < -0.39 is 0 Å². The second-order valence-electron chi connectivity index (χ2n) is 4.42. The Morgan fingerprint density at radius 1 is 1.56 bits per heavy atom. The van der Waals surface area contributed by atoms with Crippen LogP contribution in [0.5, 0.6) is 0 Å². The SMILES string of the molecule is CNCC1COCC(=O)N1c1ccc(Br)cc1C. The lowest BCUT2D eigenvalue weighted by Crippen LogP contribution is -2.53. The zero-order valence-electron chi connectivity index (χ0n) is 10.6. The summed E-state index contributed by atoms with van der Waals surface area (Å²) in [6.45, 7) is 3.47. The van der Waals surface area contributed by atoms with E-state index in [1.165, 1.54) is 0 Å². The number of benzene rings is 1. The molecule has 0 radical (unpaired) electrons. The lowest BCUT2D eigenvalue weighted by atomic mass is 10.1. The van der Waals surface area contributed by atoms with Crippen molar-refractivity contribution in [1.29, 1.82) is 0 Å². The van der Waals surface area contributed by atoms with Crippen LogP contribution in [0.4, 0.5) is 5.69 Å². The molecule has 0 spiro atoms. The Kier molecular flexibility index (Phi) is 4.37. The van der Waals surface area contributed by atoms with Crippen molar-refractivity contribution in [3.63, 3.8) is 0 Å². The van der Waals surface area contributed by atoms with Gasteiger partial charge in [0, 0.05) is 16.7 Å². The van der Waals surface area contributed by atoms with Crippen molar-refractivity contribution in [3.8, 4) is 0 Å². The van der Waals surface area contributed by atoms with Crippen LogP contribution in [0.25, 0.3) is 0 Å². The van der Waals surface area contributed by atoms with Crippen molar-refractivity contribution in [2.75, 3.05) is 31.7 Å². The predicted molar refractivity (Wildman–Crippen MR) is 74.9 cm³/mol. The highest BCUT2D eigenvalue weighted by Crippen LogP contribution is 2.27. The van der Waals surface area contributed by atoms with E-state index >= 15 is 0 Å². The molecule has 98 valence electrons. The van der Waals surface area contributed by atoms with Crippen LogP contribution in [0.1, 0.15) is 5.56 Å². The Hall–Kier alpha value is -0.910. The molecule has 0 bridgehead atoms. The van der Waals surface area contributed by atoms with Crippen molar-refractivity contribution in [3.05, 3.63) is 28.2 Å². The molecular weight excluding hydrogens is 296 g/mol. The van der Waals surface area contributed by atoms with Crippen molar-refractivity contribution < 1.29 is 9.53 Å². The van der Waals surface area contributed by atoms with E-state index in [0.29, 0.717) is 6.61 Å². The van der Waals surface area contributed by atoms with Gasteiger partial charge >= 0.3 is 0 Å². The maximum atomic E-state index is 12.1. The van der Waals surface area contributed by atoms with E-state index in [4.69, 9.17) is 4.74 Å². The minimum atomic E-state index is 0.0203. The summed E-state index contributed by atoms with van der Waals surface area (Å²) in [6, 6.07) is 6.01. The average molecular weight is 313 g/mol. The van der Waals surface area contributed by atoms with Gasteiger partial charge in [-0.25, -0.2) is 0 Å². The van der Waals surface area contributed by atoms with Gasteiger partial charge in [0.2, 0.25) is 0 Å². The lowest BCUT2D eigenvalue weighted by molar-refractivity contribution is -0.127. The first-order valence-electron chi connectivity index (χ1n) is 5.94. The van der Waals surface area contributed by atoms with Crippen LogP contribution < -0.4 is 10.2 Å². The fourth-order valence-electron chi connectivity index (χ4n) is 2.24. The zero-order valence-corrected chi connectivity index (χ0v) is 12.2. The van der Waals surface area contributed by atoms with Crippen molar-refractivity contribution in [2.45, 2.75) is 13.0 Å². The molecule has 1 unspecified atom stereocenters. The first-order chi connectivity index (χ1) is 8.63. The molecule has 2 rings (SSSR count). The first-order valence-corrected chi connectivity index (χ1v) is 6.73. The van der Waals surface area contributed by atoms with Crippen molar-refractivity contribution >= 4 is 27.5 Å². The highest BCUT2D eigenvalue weighted by Gasteiger charge is 2.30. The van der Waals surface area contributed by atoms with Gasteiger partial charge in [-0.1, -0.05) is 15.9 Å². The molecule has 5 heteroatoms. The number of aryl methyl sites for hydroxylation is 1. The molecule has 1 amide bonds. The molecule has 18 heavy (non-hydrogen) atoms. The molecule has 1 aliphatic heterocycles. The average Bonchev–Trinajstić information content (AvgIpc) is 2.31. The van der Waals surface area contributed by atoms with Crippen LogP contribution in [0.3, 0.4) is 0 Å². The van der Waals surface area contributed by atoms with Crippen molar-refractivity contribution in [2.24, 2.45) is 0 Å². The summed E-state index contributed by atoms with van der Waals surface area (Å²) in [7, 11) is 1.88. The second kappa shape index (κ2) is 5.82. The molecular formula is C13H17BrN2O2. The molecule has 1 aromatic rings. The smallest absolute Gasteiger partial charge is 0.253 e. The lowest BCUT2D eigenvalue weighted by Gasteiger charge is -2.36. The van der Waals surface area contributed by atoms with Crippen LogP contribution in [0.15, 0.2) is 22.7 Å². The topological polar surface area (TPSA) is 41.6 Å². The quantitative estimate of drug-likeness (QED) is 0.924. The standard InChI is InChI=1S/C13H17BrN2O2/c1-9-5-10(14)3-4-12(9)16-11(6-15-2)7-18-8-13(16)17/h3-5,11,15H,6-8H2,1-2H3. The van der Waals surface area contributed by atoms with Gasteiger partial charge in [0.05, 0.1) is 12.6 Å². The van der Waals surface area contributed by atoms with Gasteiger partial charge < -0.3 is 15.0 Å². The van der Waals surface area contributed by atoms with E-state index in [1.807, 2.05) is 37.1 Å². The summed E-state index contributed by atoms with van der Waals surface area (Å²) >= 11 is 3.44. The van der Waals surface area contributed by atoms with Crippen LogP contribution in [-0.2, 0) is 9.53 Å². The molecule has 0 aromatic heterocycles. The normalized spacial score (nSPS) is 20.3. The number of likely N-dealkylation sites (N-methyl/N-ethyl adjacent to an activating group) is 1. The van der Waals surface area contributed by atoms with Gasteiger partial charge in [-0.3, -0.25) is 4.79 Å². The molecule has 1 N–H and O–H groups in total. The summed E-state index contributed by atoms with van der Waals surface area (Å²) in [6.07, 6.45) is 0. The number of ether oxygens (including phenoxy) is 1. The number of rotatable bonds is 3. The maximum absolute atomic E-state index is 12.1. The maximum Gasteiger partial charge on any atom is 0.253 e. The van der Waals surface area contributed by atoms with E-state index in [0.717, 1.165) is 22.3 Å². The highest BCUT2D eigenvalue weighted by atomic mass is 79.9. The Balaban J connectivity index is 2.34. The molecule has 0 aliphatic carbocycles. The number of halogens is 1. The molecule has 1 heterocycles. The van der Waals surface area contributed by atoms with Crippen LogP contribution in [0, 0.1) is 6.92 Å². The molecule has 1 aliphatic rings. The third kappa shape index (κ3) is 2.74. The van der Waals surface area contributed by atoms with Gasteiger partial charge in [0.25, 0.3) is 5.91 Å². The molecule has 1 atom stereocenters. The number of morpholine rings is 1. The molecule has 0 saturated carbocycles. The third-order valence-corrected chi connectivity index (χ3v) is 3.52. The predicted octanol–water partition coefficient (Wildman–Crippen LogP) is 1.71. The van der Waals surface area contributed by atoms with Gasteiger partial charge in [0.1, 0.15) is 6.61 Å². The number of carbonyl (C=O) groups is 1. The Morgan fingerprint density at radius 3 is 3.00 bits per heavy atom. The summed E-state index contributed by atoms with van der Waals surface area (Å²) in [5.41, 5.74) is 2.05. The number of hydrogen-bond donors (Lipinski definition) is 1. The van der Waals surface area contributed by atoms with Gasteiger partial charge in [-0.15, -0.1) is 0 Å². The number of nitrogens with zero attached hydrogens (tertiary/aromatic N) is 1. The van der Waals surface area contributed by atoms with Crippen LogP contribution >= 0.6 is 15.9 Å². The summed E-state index contributed by atoms with van der Waals surface area (Å²) in [4.78, 5) is 13.9. The number of carbonyl (C=O) groups excluding carboxylic acids is 1. The van der Waals surface area contributed by atoms with Gasteiger partial charge in [-0.05, 0) is 37.7 Å². The second-order valence-corrected chi connectivity index (χ2v) is 5.34. The fourth-order valence-corrected chi connectivity index (χ4v) is 2.71. The minimum Gasteiger partial charge on any atom is -0.369 e. The highest BCUT2D eigenvalue weighted by molar-refractivity contribution is 9.10. The molecule has 1 saturated heterocycles. The minimum absolute atomic E-state index is 0.0203. The summed E-state index contributed by atoms with van der Waals surface area (Å²) < 4.78 is 6.34. The number of nitrogens with one attached hydrogen (secondary N) is 1. The Bertz CT molecular complexity index is 449. The van der Waals surface area contributed by atoms with Crippen LogP contribution in [-0.4, -0.2) is 38.8 Å². The molecule has 1 fully saturated rings. The zero-order chi connectivity index (χ0) is 13.1. The van der Waals surface area contributed by atoms with Gasteiger partial charge in [-0.2, -0.15) is 0 Å². The van der Waals surface area contributed by atoms with Crippen LogP contribution in [0.2, 0.25) is 0 Å². The van der Waals surface area contributed by atoms with E-state index in [9.17, 15) is 4.79 Å². The van der Waals surface area contributed by atoms with Gasteiger partial charge in [0.15, 0.2) is 0 Å². The Morgan fingerprint density at radius 2 is 2.33 bits per heavy atom. The number of anilines is 1. The molecule has 4 nitrogen and oxygen atoms in total. The summed E-state index contributed by atoms with van der Waals surface area (Å²) in [5, 5.41) is 3.11. The van der Waals surface area contributed by atoms with E-state index in [1.54, 1.807) is 0 Å². The first kappa shape index (κ1) is 13.5. The molecule has 1 aromatic carbocycles. The van der Waals surface area contributed by atoms with E-state index in [2.05, 4.69) is 21.2 Å². The Labute approximate surface area is 115 Å². The van der Waals surface area contributed by atoms with E-state index in [-0.39, 0.29) is 18.6 Å².